The number of anilines is 1. The van der Waals surface area contributed by atoms with Crippen LogP contribution in [0.4, 0.5) is 5.82 Å². The summed E-state index contributed by atoms with van der Waals surface area (Å²) >= 11 is 1.60. The predicted octanol–water partition coefficient (Wildman–Crippen LogP) is 4.26. The molecule has 186 valence electrons. The lowest BCUT2D eigenvalue weighted by atomic mass is 9.78. The highest BCUT2D eigenvalue weighted by atomic mass is 32.1. The van der Waals surface area contributed by atoms with Crippen LogP contribution in [0.1, 0.15) is 44.9 Å². The molecule has 3 saturated carbocycles. The maximum Gasteiger partial charge on any atom is 0.233 e. The van der Waals surface area contributed by atoms with Gasteiger partial charge in [0.05, 0.1) is 16.5 Å². The first-order valence-corrected chi connectivity index (χ1v) is 14.6. The van der Waals surface area contributed by atoms with E-state index < -0.39 is 0 Å². The monoisotopic (exact) mass is 492 g/mol. The molecule has 5 aliphatic rings. The van der Waals surface area contributed by atoms with Crippen molar-refractivity contribution in [1.29, 1.82) is 0 Å². The molecular formula is C28H36N4O2S. The lowest BCUT2D eigenvalue weighted by Gasteiger charge is -2.40. The number of nitrogens with zero attached hydrogens (tertiary/aromatic N) is 4. The Balaban J connectivity index is 0.986. The third kappa shape index (κ3) is 3.72. The van der Waals surface area contributed by atoms with Crippen LogP contribution < -0.4 is 4.90 Å². The van der Waals surface area contributed by atoms with Crippen molar-refractivity contribution in [3.63, 3.8) is 0 Å². The highest BCUT2D eigenvalue weighted by molar-refractivity contribution is 7.13. The Hall–Kier alpha value is -1.99. The van der Waals surface area contributed by atoms with Crippen LogP contribution in [0, 0.1) is 35.5 Å². The summed E-state index contributed by atoms with van der Waals surface area (Å²) in [5.41, 5.74) is 0. The molecule has 35 heavy (non-hydrogen) atoms. The standard InChI is InChI=1S/C28H36N4O2S/c33-27-24-18-9-10-19(15-18)25(24)28(34)32(27)17-21-6-2-1-5-20(21)16-30-11-13-31(14-12-30)26-22-7-3-4-8-23(22)35-29-26/h3-4,7-8,18-21,24-25H,1-2,5-6,9-17H2/t18-,19+,20?,21?,24?,25?. The molecule has 7 heteroatoms. The number of carbonyl (C=O) groups is 2. The lowest BCUT2D eigenvalue weighted by Crippen LogP contribution is -2.49. The second-order valence-corrected chi connectivity index (χ2v) is 12.6. The fourth-order valence-corrected chi connectivity index (χ4v) is 9.02. The minimum atomic E-state index is 0.0261. The van der Waals surface area contributed by atoms with Gasteiger partial charge in [-0.2, -0.15) is 4.37 Å². The van der Waals surface area contributed by atoms with Crippen molar-refractivity contribution >= 4 is 39.3 Å². The van der Waals surface area contributed by atoms with E-state index in [0.29, 0.717) is 30.2 Å². The van der Waals surface area contributed by atoms with E-state index >= 15 is 0 Å². The average molecular weight is 493 g/mol. The van der Waals surface area contributed by atoms with Gasteiger partial charge >= 0.3 is 0 Å². The van der Waals surface area contributed by atoms with Gasteiger partial charge < -0.3 is 4.90 Å². The number of hydrogen-bond acceptors (Lipinski definition) is 6. The van der Waals surface area contributed by atoms with Crippen molar-refractivity contribution < 1.29 is 9.59 Å². The molecule has 0 N–H and O–H groups in total. The summed E-state index contributed by atoms with van der Waals surface area (Å²) in [5.74, 6) is 3.59. The first-order chi connectivity index (χ1) is 17.2. The van der Waals surface area contributed by atoms with Gasteiger partial charge in [0.25, 0.3) is 0 Å². The van der Waals surface area contributed by atoms with Gasteiger partial charge in [0.2, 0.25) is 11.8 Å². The Bertz CT molecular complexity index is 1100. The smallest absolute Gasteiger partial charge is 0.233 e. The Morgan fingerprint density at radius 1 is 0.829 bits per heavy atom. The normalized spacial score (nSPS) is 35.4. The molecule has 6 atom stereocenters. The quantitative estimate of drug-likeness (QED) is 0.584. The van der Waals surface area contributed by atoms with Crippen LogP contribution in [0.2, 0.25) is 0 Å². The minimum Gasteiger partial charge on any atom is -0.353 e. The van der Waals surface area contributed by atoms with Crippen molar-refractivity contribution in [1.82, 2.24) is 14.2 Å². The van der Waals surface area contributed by atoms with Crippen molar-refractivity contribution in [3.05, 3.63) is 24.3 Å². The molecule has 2 aromatic rings. The van der Waals surface area contributed by atoms with Crippen LogP contribution in [-0.4, -0.2) is 65.3 Å². The van der Waals surface area contributed by atoms with Crippen molar-refractivity contribution in [3.8, 4) is 0 Å². The second-order valence-electron chi connectivity index (χ2n) is 11.8. The first kappa shape index (κ1) is 22.2. The van der Waals surface area contributed by atoms with Crippen LogP contribution in [0.25, 0.3) is 10.1 Å². The van der Waals surface area contributed by atoms with Crippen molar-refractivity contribution in [2.75, 3.05) is 44.2 Å². The minimum absolute atomic E-state index is 0.0261. The second kappa shape index (κ2) is 8.84. The molecule has 2 bridgehead atoms. The van der Waals surface area contributed by atoms with E-state index in [4.69, 9.17) is 4.37 Å². The molecule has 0 radical (unpaired) electrons. The third-order valence-electron chi connectivity index (χ3n) is 10.0. The predicted molar refractivity (Wildman–Crippen MR) is 138 cm³/mol. The van der Waals surface area contributed by atoms with Gasteiger partial charge in [-0.15, -0.1) is 0 Å². The summed E-state index contributed by atoms with van der Waals surface area (Å²) in [6.45, 7) is 5.93. The van der Waals surface area contributed by atoms with E-state index in [1.165, 1.54) is 29.3 Å². The van der Waals surface area contributed by atoms with Crippen LogP contribution in [-0.2, 0) is 9.59 Å². The SMILES string of the molecule is O=C1C2C(C(=O)N1CC1CCCCC1CN1CCN(c3nsc4ccccc34)CC1)[C@H]1CC[C@@H]2C1. The van der Waals surface area contributed by atoms with Gasteiger partial charge in [-0.3, -0.25) is 19.4 Å². The summed E-state index contributed by atoms with van der Waals surface area (Å²) < 4.78 is 6.02. The number of benzene rings is 1. The number of rotatable bonds is 5. The van der Waals surface area contributed by atoms with E-state index in [9.17, 15) is 9.59 Å². The van der Waals surface area contributed by atoms with Crippen molar-refractivity contribution in [2.45, 2.75) is 44.9 Å². The Morgan fingerprint density at radius 3 is 2.20 bits per heavy atom. The molecule has 4 unspecified atom stereocenters. The molecule has 1 aromatic heterocycles. The van der Waals surface area contributed by atoms with Gasteiger partial charge in [0, 0.05) is 44.7 Å². The van der Waals surface area contributed by atoms with Crippen LogP contribution in [0.3, 0.4) is 0 Å². The fraction of sp³-hybridized carbons (Fsp3) is 0.679. The maximum absolute atomic E-state index is 13.3. The van der Waals surface area contributed by atoms with E-state index in [1.807, 2.05) is 0 Å². The molecule has 6 nitrogen and oxygen atoms in total. The topological polar surface area (TPSA) is 56.8 Å². The summed E-state index contributed by atoms with van der Waals surface area (Å²) in [4.78, 5) is 33.4. The van der Waals surface area contributed by atoms with E-state index in [1.54, 1.807) is 16.4 Å². The number of imide groups is 1. The number of hydrogen-bond donors (Lipinski definition) is 0. The zero-order chi connectivity index (χ0) is 23.5. The van der Waals surface area contributed by atoms with E-state index in [0.717, 1.165) is 64.2 Å². The van der Waals surface area contributed by atoms with Crippen LogP contribution >= 0.6 is 11.5 Å². The summed E-state index contributed by atoms with van der Waals surface area (Å²) in [5, 5.41) is 1.27. The summed E-state index contributed by atoms with van der Waals surface area (Å²) in [7, 11) is 0. The first-order valence-electron chi connectivity index (χ1n) is 13.8. The Kier molecular flexibility index (Phi) is 5.61. The van der Waals surface area contributed by atoms with Gasteiger partial charge in [0.15, 0.2) is 0 Å². The highest BCUT2D eigenvalue weighted by Crippen LogP contribution is 2.56. The number of carbonyl (C=O) groups excluding carboxylic acids is 2. The van der Waals surface area contributed by atoms with E-state index in [-0.39, 0.29) is 23.7 Å². The third-order valence-corrected chi connectivity index (χ3v) is 10.8. The van der Waals surface area contributed by atoms with Gasteiger partial charge in [-0.05, 0) is 79.4 Å². The molecule has 7 rings (SSSR count). The zero-order valence-corrected chi connectivity index (χ0v) is 21.3. The van der Waals surface area contributed by atoms with Crippen LogP contribution in [0.5, 0.6) is 0 Å². The maximum atomic E-state index is 13.3. The van der Waals surface area contributed by atoms with E-state index in [2.05, 4.69) is 34.1 Å². The largest absolute Gasteiger partial charge is 0.353 e. The molecular weight excluding hydrogens is 456 g/mol. The molecule has 2 aliphatic heterocycles. The number of aromatic nitrogens is 1. The number of piperazine rings is 1. The molecule has 5 fully saturated rings. The number of fused-ring (bicyclic) bond motifs is 6. The fourth-order valence-electron chi connectivity index (χ4n) is 8.22. The van der Waals surface area contributed by atoms with Crippen LogP contribution in [0.15, 0.2) is 24.3 Å². The molecule has 3 aliphatic carbocycles. The van der Waals surface area contributed by atoms with Gasteiger partial charge in [0.1, 0.15) is 5.82 Å². The molecule has 2 amide bonds. The molecule has 1 aromatic carbocycles. The average Bonchev–Trinajstić information content (AvgIpc) is 3.66. The molecule has 3 heterocycles. The van der Waals surface area contributed by atoms with Gasteiger partial charge in [-0.1, -0.05) is 25.0 Å². The van der Waals surface area contributed by atoms with Gasteiger partial charge in [-0.25, -0.2) is 0 Å². The molecule has 0 spiro atoms. The summed E-state index contributed by atoms with van der Waals surface area (Å²) in [6.07, 6.45) is 8.35. The van der Waals surface area contributed by atoms with Crippen molar-refractivity contribution in [2.24, 2.45) is 35.5 Å². The number of amides is 2. The summed E-state index contributed by atoms with van der Waals surface area (Å²) in [6, 6.07) is 8.54. The molecule has 2 saturated heterocycles. The lowest BCUT2D eigenvalue weighted by molar-refractivity contribution is -0.142. The zero-order valence-electron chi connectivity index (χ0n) is 20.5. The highest BCUT2D eigenvalue weighted by Gasteiger charge is 2.61. The Labute approximate surface area is 211 Å². The Morgan fingerprint density at radius 2 is 1.49 bits per heavy atom. The number of likely N-dealkylation sites (tertiary alicyclic amines) is 1.